The second kappa shape index (κ2) is 6.24. The van der Waals surface area contributed by atoms with Gasteiger partial charge in [-0.25, -0.2) is 9.37 Å². The van der Waals surface area contributed by atoms with Gasteiger partial charge in [-0.2, -0.15) is 0 Å². The number of anilines is 1. The minimum Gasteiger partial charge on any atom is -0.368 e. The topological polar surface area (TPSA) is 64.3 Å². The van der Waals surface area contributed by atoms with Gasteiger partial charge >= 0.3 is 0 Å². The van der Waals surface area contributed by atoms with Crippen molar-refractivity contribution in [3.63, 3.8) is 0 Å². The predicted octanol–water partition coefficient (Wildman–Crippen LogP) is 1.08. The lowest BCUT2D eigenvalue weighted by Gasteiger charge is -2.38. The molecule has 2 aromatic rings. The third kappa shape index (κ3) is 2.75. The van der Waals surface area contributed by atoms with Crippen LogP contribution in [0.1, 0.15) is 17.4 Å². The van der Waals surface area contributed by atoms with Gasteiger partial charge in [-0.1, -0.05) is 0 Å². The number of halogens is 1. The molecule has 1 fully saturated rings. The van der Waals surface area contributed by atoms with Crippen LogP contribution in [0.3, 0.4) is 0 Å². The number of hydrogen-bond acceptors (Lipinski definition) is 4. The van der Waals surface area contributed by atoms with Crippen LogP contribution in [0.2, 0.25) is 0 Å². The van der Waals surface area contributed by atoms with Crippen LogP contribution in [0.25, 0.3) is 0 Å². The molecule has 0 aliphatic carbocycles. The smallest absolute Gasteiger partial charge is 0.246 e. The highest BCUT2D eigenvalue weighted by Gasteiger charge is 2.33. The molecule has 0 radical (unpaired) electrons. The van der Waals surface area contributed by atoms with E-state index in [0.717, 1.165) is 43.1 Å². The van der Waals surface area contributed by atoms with Crippen molar-refractivity contribution in [3.8, 4) is 0 Å². The van der Waals surface area contributed by atoms with Gasteiger partial charge in [-0.05, 0) is 24.3 Å². The van der Waals surface area contributed by atoms with Gasteiger partial charge in [-0.15, -0.1) is 0 Å². The maximum atomic E-state index is 13.0. The molecule has 0 saturated carbocycles. The Morgan fingerprint density at radius 3 is 2.67 bits per heavy atom. The summed E-state index contributed by atoms with van der Waals surface area (Å²) in [6, 6.07) is 6.16. The number of carbonyl (C=O) groups excluding carboxylic acids is 1. The first-order chi connectivity index (χ1) is 11.7. The van der Waals surface area contributed by atoms with Crippen LogP contribution in [0.15, 0.2) is 30.6 Å². The lowest BCUT2D eigenvalue weighted by molar-refractivity contribution is -0.134. The molecule has 1 unspecified atom stereocenters. The van der Waals surface area contributed by atoms with E-state index in [1.165, 1.54) is 12.1 Å². The van der Waals surface area contributed by atoms with Crippen LogP contribution < -0.4 is 10.2 Å². The van der Waals surface area contributed by atoms with Crippen molar-refractivity contribution in [3.05, 3.63) is 47.8 Å². The van der Waals surface area contributed by atoms with Crippen molar-refractivity contribution in [1.82, 2.24) is 20.2 Å². The van der Waals surface area contributed by atoms with Crippen molar-refractivity contribution >= 4 is 11.6 Å². The van der Waals surface area contributed by atoms with E-state index in [-0.39, 0.29) is 17.8 Å². The molecule has 6 nitrogen and oxygen atoms in total. The number of amides is 1. The van der Waals surface area contributed by atoms with Crippen molar-refractivity contribution in [2.75, 3.05) is 37.6 Å². The molecule has 1 aromatic carbocycles. The van der Waals surface area contributed by atoms with Crippen LogP contribution in [0, 0.1) is 5.82 Å². The van der Waals surface area contributed by atoms with Crippen molar-refractivity contribution in [1.29, 1.82) is 0 Å². The second-order valence-corrected chi connectivity index (χ2v) is 6.19. The first-order valence-electron chi connectivity index (χ1n) is 8.27. The molecule has 24 heavy (non-hydrogen) atoms. The summed E-state index contributed by atoms with van der Waals surface area (Å²) in [5.41, 5.74) is 2.87. The molecule has 1 atom stereocenters. The number of rotatable bonds is 2. The normalized spacial score (nSPS) is 20.8. The Bertz CT molecular complexity index is 721. The monoisotopic (exact) mass is 329 g/mol. The maximum absolute atomic E-state index is 13.0. The molecular weight excluding hydrogens is 309 g/mol. The van der Waals surface area contributed by atoms with Crippen LogP contribution in [-0.4, -0.2) is 53.5 Å². The van der Waals surface area contributed by atoms with Gasteiger partial charge in [0.05, 0.1) is 12.0 Å². The van der Waals surface area contributed by atoms with Gasteiger partial charge in [-0.3, -0.25) is 4.79 Å². The van der Waals surface area contributed by atoms with E-state index in [4.69, 9.17) is 0 Å². The molecule has 2 aliphatic heterocycles. The number of piperazine rings is 1. The lowest BCUT2D eigenvalue weighted by Crippen LogP contribution is -2.52. The average molecular weight is 329 g/mol. The van der Waals surface area contributed by atoms with Crippen LogP contribution in [0.4, 0.5) is 10.1 Å². The second-order valence-electron chi connectivity index (χ2n) is 6.19. The molecule has 0 bridgehead atoms. The van der Waals surface area contributed by atoms with Crippen LogP contribution in [0.5, 0.6) is 0 Å². The zero-order chi connectivity index (χ0) is 16.5. The Hall–Kier alpha value is -2.41. The summed E-state index contributed by atoms with van der Waals surface area (Å²) in [7, 11) is 0. The van der Waals surface area contributed by atoms with Crippen LogP contribution >= 0.6 is 0 Å². The number of carbonyl (C=O) groups is 1. The average Bonchev–Trinajstić information content (AvgIpc) is 3.11. The minimum atomic E-state index is -0.350. The first kappa shape index (κ1) is 15.1. The maximum Gasteiger partial charge on any atom is 0.246 e. The first-order valence-corrected chi connectivity index (χ1v) is 8.27. The molecule has 1 amide bonds. The number of nitrogens with one attached hydrogen (secondary N) is 2. The van der Waals surface area contributed by atoms with Crippen molar-refractivity contribution in [2.45, 2.75) is 12.5 Å². The number of aromatic amines is 1. The molecular formula is C17H20FN5O. The summed E-state index contributed by atoms with van der Waals surface area (Å²) in [6.07, 6.45) is 2.53. The fourth-order valence-corrected chi connectivity index (χ4v) is 3.44. The Morgan fingerprint density at radius 2 is 1.92 bits per heavy atom. The summed E-state index contributed by atoms with van der Waals surface area (Å²) in [6.45, 7) is 3.60. The van der Waals surface area contributed by atoms with Gasteiger partial charge in [0, 0.05) is 50.5 Å². The number of nitrogens with zero attached hydrogens (tertiary/aromatic N) is 3. The van der Waals surface area contributed by atoms with Crippen molar-refractivity contribution < 1.29 is 9.18 Å². The van der Waals surface area contributed by atoms with Gasteiger partial charge in [0.25, 0.3) is 0 Å². The van der Waals surface area contributed by atoms with Crippen LogP contribution in [-0.2, 0) is 11.2 Å². The van der Waals surface area contributed by atoms with Gasteiger partial charge in [0.2, 0.25) is 5.91 Å². The Balaban J connectivity index is 1.41. The summed E-state index contributed by atoms with van der Waals surface area (Å²) in [5, 5.41) is 3.28. The fraction of sp³-hybridized carbons (Fsp3) is 0.412. The summed E-state index contributed by atoms with van der Waals surface area (Å²) in [5.74, 6) is -0.146. The quantitative estimate of drug-likeness (QED) is 0.866. The molecule has 2 N–H and O–H groups in total. The van der Waals surface area contributed by atoms with Gasteiger partial charge in [0.15, 0.2) is 0 Å². The van der Waals surface area contributed by atoms with E-state index in [2.05, 4.69) is 20.2 Å². The third-order valence-corrected chi connectivity index (χ3v) is 4.78. The zero-order valence-corrected chi connectivity index (χ0v) is 13.3. The predicted molar refractivity (Wildman–Crippen MR) is 88.2 cm³/mol. The molecule has 1 aromatic heterocycles. The van der Waals surface area contributed by atoms with E-state index in [1.807, 2.05) is 4.90 Å². The van der Waals surface area contributed by atoms with E-state index in [0.29, 0.717) is 13.1 Å². The third-order valence-electron chi connectivity index (χ3n) is 4.78. The molecule has 1 saturated heterocycles. The SMILES string of the molecule is O=C(C1NCCc2[nH]cnc21)N1CCN(c2ccc(F)cc2)CC1. The molecule has 7 heteroatoms. The Kier molecular flexibility index (Phi) is 3.93. The highest BCUT2D eigenvalue weighted by Crippen LogP contribution is 2.23. The van der Waals surface area contributed by atoms with Gasteiger partial charge < -0.3 is 20.1 Å². The van der Waals surface area contributed by atoms with E-state index in [9.17, 15) is 9.18 Å². The number of hydrogen-bond donors (Lipinski definition) is 2. The number of H-pyrrole nitrogens is 1. The Labute approximate surface area is 139 Å². The van der Waals surface area contributed by atoms with E-state index >= 15 is 0 Å². The summed E-state index contributed by atoms with van der Waals surface area (Å²) in [4.78, 5) is 24.3. The molecule has 0 spiro atoms. The molecule has 3 heterocycles. The van der Waals surface area contributed by atoms with E-state index in [1.54, 1.807) is 18.5 Å². The number of benzene rings is 1. The van der Waals surface area contributed by atoms with Crippen molar-refractivity contribution in [2.24, 2.45) is 0 Å². The van der Waals surface area contributed by atoms with E-state index < -0.39 is 0 Å². The highest BCUT2D eigenvalue weighted by atomic mass is 19.1. The largest absolute Gasteiger partial charge is 0.368 e. The molecule has 126 valence electrons. The Morgan fingerprint density at radius 1 is 1.17 bits per heavy atom. The standard InChI is InChI=1S/C17H20FN5O/c18-12-1-3-13(4-2-12)22-7-9-23(10-8-22)17(24)16-15-14(5-6-19-16)20-11-21-15/h1-4,11,16,19H,5-10H2,(H,20,21). The summed E-state index contributed by atoms with van der Waals surface area (Å²) >= 11 is 0. The highest BCUT2D eigenvalue weighted by molar-refractivity contribution is 5.83. The lowest BCUT2D eigenvalue weighted by atomic mass is 10.0. The van der Waals surface area contributed by atoms with Gasteiger partial charge in [0.1, 0.15) is 11.9 Å². The molecule has 2 aliphatic rings. The number of fused-ring (bicyclic) bond motifs is 1. The number of aromatic nitrogens is 2. The minimum absolute atomic E-state index is 0.0850. The summed E-state index contributed by atoms with van der Waals surface area (Å²) < 4.78 is 13.0. The fourth-order valence-electron chi connectivity index (χ4n) is 3.44. The molecule has 4 rings (SSSR count). The number of imidazole rings is 1. The zero-order valence-electron chi connectivity index (χ0n) is 13.3.